The highest BCUT2D eigenvalue weighted by molar-refractivity contribution is 5.89. The number of H-pyrrole nitrogens is 1. The molecule has 96 valence electrons. The van der Waals surface area contributed by atoms with Gasteiger partial charge in [-0.3, -0.25) is 4.79 Å². The number of nitriles is 1. The van der Waals surface area contributed by atoms with Crippen molar-refractivity contribution in [1.82, 2.24) is 9.97 Å². The van der Waals surface area contributed by atoms with Crippen molar-refractivity contribution < 1.29 is 4.79 Å². The summed E-state index contributed by atoms with van der Waals surface area (Å²) in [6.07, 6.45) is 7.36. The van der Waals surface area contributed by atoms with Crippen LogP contribution >= 0.6 is 0 Å². The van der Waals surface area contributed by atoms with Crippen LogP contribution in [-0.4, -0.2) is 15.9 Å². The number of anilines is 1. The van der Waals surface area contributed by atoms with Crippen LogP contribution in [-0.2, 0) is 11.2 Å². The van der Waals surface area contributed by atoms with E-state index in [9.17, 15) is 4.79 Å². The van der Waals surface area contributed by atoms with Crippen LogP contribution in [0.1, 0.15) is 24.0 Å². The van der Waals surface area contributed by atoms with Gasteiger partial charge < -0.3 is 10.3 Å². The lowest BCUT2D eigenvalue weighted by Crippen LogP contribution is -2.12. The molecule has 0 saturated heterocycles. The SMILES string of the molecule is N#Cc1ccc(NC(=O)CCCc2cc[nH]c2)nc1. The second-order valence-corrected chi connectivity index (χ2v) is 4.16. The molecule has 0 spiro atoms. The molecule has 2 rings (SSSR count). The highest BCUT2D eigenvalue weighted by Gasteiger charge is 2.03. The summed E-state index contributed by atoms with van der Waals surface area (Å²) in [7, 11) is 0. The molecule has 0 aliphatic rings. The molecule has 0 aliphatic heterocycles. The van der Waals surface area contributed by atoms with Crippen molar-refractivity contribution in [1.29, 1.82) is 5.26 Å². The third-order valence-corrected chi connectivity index (χ3v) is 2.69. The molecule has 2 heterocycles. The Morgan fingerprint density at radius 1 is 1.42 bits per heavy atom. The van der Waals surface area contributed by atoms with Gasteiger partial charge in [0.2, 0.25) is 5.91 Å². The summed E-state index contributed by atoms with van der Waals surface area (Å²) in [5, 5.41) is 11.3. The number of pyridine rings is 1. The van der Waals surface area contributed by atoms with Crippen LogP contribution < -0.4 is 5.32 Å². The van der Waals surface area contributed by atoms with Crippen molar-refractivity contribution in [3.8, 4) is 6.07 Å². The zero-order valence-corrected chi connectivity index (χ0v) is 10.4. The maximum atomic E-state index is 11.7. The summed E-state index contributed by atoms with van der Waals surface area (Å²) in [5.74, 6) is 0.415. The van der Waals surface area contributed by atoms with Gasteiger partial charge in [0.25, 0.3) is 0 Å². The Morgan fingerprint density at radius 3 is 2.95 bits per heavy atom. The van der Waals surface area contributed by atoms with E-state index in [1.807, 2.05) is 24.5 Å². The molecule has 19 heavy (non-hydrogen) atoms. The first-order chi connectivity index (χ1) is 9.28. The quantitative estimate of drug-likeness (QED) is 0.858. The molecule has 1 amide bonds. The minimum Gasteiger partial charge on any atom is -0.367 e. The lowest BCUT2D eigenvalue weighted by Gasteiger charge is -2.03. The average molecular weight is 254 g/mol. The fraction of sp³-hybridized carbons (Fsp3) is 0.214. The van der Waals surface area contributed by atoms with E-state index >= 15 is 0 Å². The Bertz CT molecular complexity index is 566. The number of carbonyl (C=O) groups is 1. The highest BCUT2D eigenvalue weighted by Crippen LogP contribution is 2.07. The Balaban J connectivity index is 1.76. The minimum atomic E-state index is -0.0623. The van der Waals surface area contributed by atoms with Crippen molar-refractivity contribution in [3.05, 3.63) is 47.9 Å². The number of aromatic nitrogens is 2. The van der Waals surface area contributed by atoms with Crippen LogP contribution in [0.2, 0.25) is 0 Å². The van der Waals surface area contributed by atoms with Gasteiger partial charge in [-0.2, -0.15) is 5.26 Å². The first-order valence-corrected chi connectivity index (χ1v) is 6.05. The molecule has 0 saturated carbocycles. The van der Waals surface area contributed by atoms with Gasteiger partial charge in [-0.05, 0) is 36.6 Å². The van der Waals surface area contributed by atoms with Crippen LogP contribution in [0.5, 0.6) is 0 Å². The standard InChI is InChI=1S/C14H14N4O/c15-8-12-4-5-13(17-10-12)18-14(19)3-1-2-11-6-7-16-9-11/h4-7,9-10,16H,1-3H2,(H,17,18,19). The smallest absolute Gasteiger partial charge is 0.225 e. The molecule has 2 N–H and O–H groups in total. The van der Waals surface area contributed by atoms with Gasteiger partial charge in [0.15, 0.2) is 0 Å². The van der Waals surface area contributed by atoms with Gasteiger partial charge in [-0.1, -0.05) is 0 Å². The zero-order valence-electron chi connectivity index (χ0n) is 10.4. The van der Waals surface area contributed by atoms with Gasteiger partial charge >= 0.3 is 0 Å². The molecular formula is C14H14N4O. The van der Waals surface area contributed by atoms with E-state index in [1.165, 1.54) is 11.8 Å². The molecule has 2 aromatic heterocycles. The zero-order chi connectivity index (χ0) is 13.5. The van der Waals surface area contributed by atoms with E-state index in [-0.39, 0.29) is 5.91 Å². The lowest BCUT2D eigenvalue weighted by atomic mass is 10.1. The van der Waals surface area contributed by atoms with Gasteiger partial charge in [-0.25, -0.2) is 4.98 Å². The molecular weight excluding hydrogens is 240 g/mol. The number of hydrogen-bond donors (Lipinski definition) is 2. The number of nitrogens with one attached hydrogen (secondary N) is 2. The summed E-state index contributed by atoms with van der Waals surface area (Å²) >= 11 is 0. The van der Waals surface area contributed by atoms with Crippen molar-refractivity contribution >= 4 is 11.7 Å². The Labute approximate surface area is 111 Å². The third-order valence-electron chi connectivity index (χ3n) is 2.69. The van der Waals surface area contributed by atoms with E-state index < -0.39 is 0 Å². The number of amides is 1. The maximum Gasteiger partial charge on any atom is 0.225 e. The number of aromatic amines is 1. The molecule has 2 aromatic rings. The minimum absolute atomic E-state index is 0.0623. The number of aryl methyl sites for hydroxylation is 1. The fourth-order valence-corrected chi connectivity index (χ4v) is 1.71. The molecule has 0 aliphatic carbocycles. The summed E-state index contributed by atoms with van der Waals surface area (Å²) in [4.78, 5) is 18.6. The number of rotatable bonds is 5. The summed E-state index contributed by atoms with van der Waals surface area (Å²) < 4.78 is 0. The predicted molar refractivity (Wildman–Crippen MR) is 71.3 cm³/mol. The second-order valence-electron chi connectivity index (χ2n) is 4.16. The van der Waals surface area contributed by atoms with Gasteiger partial charge in [0.05, 0.1) is 5.56 Å². The second kappa shape index (κ2) is 6.36. The molecule has 0 atom stereocenters. The van der Waals surface area contributed by atoms with E-state index in [0.29, 0.717) is 17.8 Å². The molecule has 0 unspecified atom stereocenters. The molecule has 0 aromatic carbocycles. The Kier molecular flexibility index (Phi) is 4.29. The van der Waals surface area contributed by atoms with E-state index in [0.717, 1.165) is 12.8 Å². The van der Waals surface area contributed by atoms with Gasteiger partial charge in [0, 0.05) is 25.0 Å². The third kappa shape index (κ3) is 3.96. The maximum absolute atomic E-state index is 11.7. The van der Waals surface area contributed by atoms with Crippen molar-refractivity contribution in [2.75, 3.05) is 5.32 Å². The first-order valence-electron chi connectivity index (χ1n) is 6.05. The molecule has 0 bridgehead atoms. The van der Waals surface area contributed by atoms with Crippen molar-refractivity contribution in [2.24, 2.45) is 0 Å². The summed E-state index contributed by atoms with van der Waals surface area (Å²) in [6, 6.07) is 7.23. The number of carbonyl (C=O) groups excluding carboxylic acids is 1. The fourth-order valence-electron chi connectivity index (χ4n) is 1.71. The average Bonchev–Trinajstić information content (AvgIpc) is 2.93. The van der Waals surface area contributed by atoms with Crippen molar-refractivity contribution in [2.45, 2.75) is 19.3 Å². The van der Waals surface area contributed by atoms with Crippen LogP contribution in [0.4, 0.5) is 5.82 Å². The number of hydrogen-bond acceptors (Lipinski definition) is 3. The molecule has 5 heteroatoms. The number of nitrogens with zero attached hydrogens (tertiary/aromatic N) is 2. The summed E-state index contributed by atoms with van der Waals surface area (Å²) in [6.45, 7) is 0. The highest BCUT2D eigenvalue weighted by atomic mass is 16.1. The van der Waals surface area contributed by atoms with Crippen molar-refractivity contribution in [3.63, 3.8) is 0 Å². The topological polar surface area (TPSA) is 81.6 Å². The molecule has 0 radical (unpaired) electrons. The Hall–Kier alpha value is -2.61. The van der Waals surface area contributed by atoms with E-state index in [4.69, 9.17) is 5.26 Å². The molecule has 5 nitrogen and oxygen atoms in total. The summed E-state index contributed by atoms with van der Waals surface area (Å²) in [5.41, 5.74) is 1.68. The van der Waals surface area contributed by atoms with Gasteiger partial charge in [0.1, 0.15) is 11.9 Å². The van der Waals surface area contributed by atoms with E-state index in [1.54, 1.807) is 12.1 Å². The van der Waals surface area contributed by atoms with Gasteiger partial charge in [-0.15, -0.1) is 0 Å². The van der Waals surface area contributed by atoms with E-state index in [2.05, 4.69) is 15.3 Å². The van der Waals surface area contributed by atoms with Crippen LogP contribution in [0, 0.1) is 11.3 Å². The monoisotopic (exact) mass is 254 g/mol. The molecule has 0 fully saturated rings. The Morgan fingerprint density at radius 2 is 2.32 bits per heavy atom. The van der Waals surface area contributed by atoms with Crippen LogP contribution in [0.15, 0.2) is 36.8 Å². The largest absolute Gasteiger partial charge is 0.367 e. The van der Waals surface area contributed by atoms with Crippen LogP contribution in [0.25, 0.3) is 0 Å². The lowest BCUT2D eigenvalue weighted by molar-refractivity contribution is -0.116. The van der Waals surface area contributed by atoms with Crippen LogP contribution in [0.3, 0.4) is 0 Å². The predicted octanol–water partition coefficient (Wildman–Crippen LogP) is 2.24. The first kappa shape index (κ1) is 12.8. The normalized spacial score (nSPS) is 9.84.